The van der Waals surface area contributed by atoms with E-state index < -0.39 is 6.10 Å². The van der Waals surface area contributed by atoms with Crippen LogP contribution in [0.5, 0.6) is 0 Å². The molecule has 2 rings (SSSR count). The molecule has 1 fully saturated rings. The number of nitrogens with one attached hydrogen (secondary N) is 1. The lowest BCUT2D eigenvalue weighted by Gasteiger charge is -2.26. The highest BCUT2D eigenvalue weighted by Gasteiger charge is 2.42. The van der Waals surface area contributed by atoms with E-state index in [1.54, 1.807) is 0 Å². The van der Waals surface area contributed by atoms with Gasteiger partial charge in [-0.2, -0.15) is 0 Å². The van der Waals surface area contributed by atoms with Crippen LogP contribution < -0.4 is 5.32 Å². The Balaban J connectivity index is 2.08. The van der Waals surface area contributed by atoms with Crippen molar-refractivity contribution in [3.63, 3.8) is 0 Å². The molecule has 142 valence electrons. The first kappa shape index (κ1) is 20.3. The summed E-state index contributed by atoms with van der Waals surface area (Å²) in [6, 6.07) is 2.17. The molecule has 4 atom stereocenters. The molecule has 1 heterocycles. The van der Waals surface area contributed by atoms with Crippen LogP contribution in [0, 0.1) is 17.3 Å². The lowest BCUT2D eigenvalue weighted by molar-refractivity contribution is 0.0715. The summed E-state index contributed by atoms with van der Waals surface area (Å²) in [5.74, 6) is 1.25. The Bertz CT molecular complexity index is 542. The molecule has 4 unspecified atom stereocenters. The standard InChI is InChI=1S/C20H35N3O2/c1-13(2)19-22-8-6-14(23-19)10-15-16(12-24)18(25)11-17(15)21-9-7-20(3,4)5/h6,8,13,15-18,21,24-25H,7,9-12H2,1-5H3. The zero-order valence-electron chi connectivity index (χ0n) is 16.4. The van der Waals surface area contributed by atoms with Crippen LogP contribution in [-0.4, -0.2) is 45.5 Å². The van der Waals surface area contributed by atoms with Crippen LogP contribution in [-0.2, 0) is 6.42 Å². The predicted octanol–water partition coefficient (Wildman–Crippen LogP) is 2.53. The van der Waals surface area contributed by atoms with E-state index in [-0.39, 0.29) is 29.9 Å². The molecule has 0 bridgehead atoms. The smallest absolute Gasteiger partial charge is 0.131 e. The molecule has 1 aliphatic rings. The molecule has 0 saturated heterocycles. The van der Waals surface area contributed by atoms with Crippen molar-refractivity contribution in [2.45, 2.75) is 71.9 Å². The highest BCUT2D eigenvalue weighted by molar-refractivity contribution is 5.09. The van der Waals surface area contributed by atoms with Crippen molar-refractivity contribution in [1.82, 2.24) is 15.3 Å². The van der Waals surface area contributed by atoms with Gasteiger partial charge in [0.1, 0.15) is 5.82 Å². The Morgan fingerprint density at radius 3 is 2.60 bits per heavy atom. The number of aliphatic hydroxyl groups is 2. The normalized spacial score (nSPS) is 27.2. The molecule has 3 N–H and O–H groups in total. The zero-order valence-corrected chi connectivity index (χ0v) is 16.4. The number of rotatable bonds is 7. The van der Waals surface area contributed by atoms with Crippen LogP contribution in [0.1, 0.15) is 64.9 Å². The van der Waals surface area contributed by atoms with Gasteiger partial charge in [-0.15, -0.1) is 0 Å². The number of hydrogen-bond donors (Lipinski definition) is 3. The number of nitrogens with zero attached hydrogens (tertiary/aromatic N) is 2. The fourth-order valence-corrected chi connectivity index (χ4v) is 3.66. The molecule has 0 spiro atoms. The van der Waals surface area contributed by atoms with Crippen molar-refractivity contribution >= 4 is 0 Å². The average molecular weight is 350 g/mol. The monoisotopic (exact) mass is 349 g/mol. The van der Waals surface area contributed by atoms with Crippen molar-refractivity contribution in [3.05, 3.63) is 23.8 Å². The Hall–Kier alpha value is -1.04. The third kappa shape index (κ3) is 5.73. The van der Waals surface area contributed by atoms with Gasteiger partial charge in [-0.25, -0.2) is 9.97 Å². The van der Waals surface area contributed by atoms with Crippen LogP contribution in [0.3, 0.4) is 0 Å². The van der Waals surface area contributed by atoms with Crippen LogP contribution in [0.2, 0.25) is 0 Å². The molecular weight excluding hydrogens is 314 g/mol. The Morgan fingerprint density at radius 1 is 1.28 bits per heavy atom. The summed E-state index contributed by atoms with van der Waals surface area (Å²) in [5.41, 5.74) is 1.29. The summed E-state index contributed by atoms with van der Waals surface area (Å²) in [7, 11) is 0. The SMILES string of the molecule is CC(C)c1nccc(CC2C(NCCC(C)(C)C)CC(O)C2CO)n1. The maximum atomic E-state index is 10.4. The van der Waals surface area contributed by atoms with Gasteiger partial charge in [0.25, 0.3) is 0 Å². The average Bonchev–Trinajstić information content (AvgIpc) is 2.81. The van der Waals surface area contributed by atoms with Gasteiger partial charge in [0.2, 0.25) is 0 Å². The van der Waals surface area contributed by atoms with E-state index in [0.29, 0.717) is 12.3 Å². The topological polar surface area (TPSA) is 78.3 Å². The van der Waals surface area contributed by atoms with E-state index in [1.807, 2.05) is 12.3 Å². The first-order chi connectivity index (χ1) is 11.7. The van der Waals surface area contributed by atoms with Gasteiger partial charge >= 0.3 is 0 Å². The van der Waals surface area contributed by atoms with Gasteiger partial charge in [-0.3, -0.25) is 0 Å². The first-order valence-corrected chi connectivity index (χ1v) is 9.55. The van der Waals surface area contributed by atoms with Crippen LogP contribution in [0.15, 0.2) is 12.3 Å². The van der Waals surface area contributed by atoms with E-state index >= 15 is 0 Å². The Morgan fingerprint density at radius 2 is 2.00 bits per heavy atom. The minimum Gasteiger partial charge on any atom is -0.396 e. The van der Waals surface area contributed by atoms with Gasteiger partial charge in [0, 0.05) is 36.4 Å². The largest absolute Gasteiger partial charge is 0.396 e. The van der Waals surface area contributed by atoms with Crippen molar-refractivity contribution in [3.8, 4) is 0 Å². The lowest BCUT2D eigenvalue weighted by atomic mass is 9.88. The van der Waals surface area contributed by atoms with E-state index in [9.17, 15) is 10.2 Å². The second-order valence-corrected chi connectivity index (χ2v) is 8.95. The predicted molar refractivity (Wildman–Crippen MR) is 100 cm³/mol. The molecule has 1 saturated carbocycles. The second-order valence-electron chi connectivity index (χ2n) is 8.95. The molecule has 25 heavy (non-hydrogen) atoms. The summed E-state index contributed by atoms with van der Waals surface area (Å²) in [4.78, 5) is 9.02. The molecule has 0 aliphatic heterocycles. The Kier molecular flexibility index (Phi) is 6.94. The zero-order chi connectivity index (χ0) is 18.6. The highest BCUT2D eigenvalue weighted by Crippen LogP contribution is 2.35. The fourth-order valence-electron chi connectivity index (χ4n) is 3.66. The fraction of sp³-hybridized carbons (Fsp3) is 0.800. The minimum absolute atomic E-state index is 0.0193. The number of aliphatic hydroxyl groups excluding tert-OH is 2. The molecule has 1 aliphatic carbocycles. The van der Waals surface area contributed by atoms with Crippen molar-refractivity contribution in [1.29, 1.82) is 0 Å². The second kappa shape index (κ2) is 8.56. The minimum atomic E-state index is -0.450. The van der Waals surface area contributed by atoms with E-state index in [1.165, 1.54) is 0 Å². The van der Waals surface area contributed by atoms with Gasteiger partial charge in [-0.1, -0.05) is 34.6 Å². The molecule has 0 amide bonds. The van der Waals surface area contributed by atoms with E-state index in [4.69, 9.17) is 0 Å². The van der Waals surface area contributed by atoms with Gasteiger partial charge < -0.3 is 15.5 Å². The maximum Gasteiger partial charge on any atom is 0.131 e. The van der Waals surface area contributed by atoms with Gasteiger partial charge in [-0.05, 0) is 43.2 Å². The third-order valence-electron chi connectivity index (χ3n) is 5.24. The first-order valence-electron chi connectivity index (χ1n) is 9.55. The third-order valence-corrected chi connectivity index (χ3v) is 5.24. The number of hydrogen-bond acceptors (Lipinski definition) is 5. The van der Waals surface area contributed by atoms with Crippen LogP contribution in [0.25, 0.3) is 0 Å². The molecule has 5 heteroatoms. The lowest BCUT2D eigenvalue weighted by Crippen LogP contribution is -2.38. The maximum absolute atomic E-state index is 10.4. The summed E-state index contributed by atoms with van der Waals surface area (Å²) in [5, 5.41) is 23.8. The Labute approximate surface area is 152 Å². The molecule has 1 aromatic heterocycles. The van der Waals surface area contributed by atoms with Gasteiger partial charge in [0.15, 0.2) is 0 Å². The number of aromatic nitrogens is 2. The molecule has 1 aromatic rings. The van der Waals surface area contributed by atoms with Crippen molar-refractivity contribution in [2.75, 3.05) is 13.2 Å². The summed E-state index contributed by atoms with van der Waals surface area (Å²) in [6.07, 6.45) is 3.91. The molecule has 0 aromatic carbocycles. The summed E-state index contributed by atoms with van der Waals surface area (Å²) in [6.45, 7) is 11.8. The quantitative estimate of drug-likeness (QED) is 0.705. The van der Waals surface area contributed by atoms with Crippen molar-refractivity contribution in [2.24, 2.45) is 17.3 Å². The highest BCUT2D eigenvalue weighted by atomic mass is 16.3. The molecular formula is C20H35N3O2. The van der Waals surface area contributed by atoms with E-state index in [2.05, 4.69) is 49.9 Å². The van der Waals surface area contributed by atoms with Gasteiger partial charge in [0.05, 0.1) is 6.10 Å². The van der Waals surface area contributed by atoms with Crippen LogP contribution in [0.4, 0.5) is 0 Å². The summed E-state index contributed by atoms with van der Waals surface area (Å²) < 4.78 is 0. The van der Waals surface area contributed by atoms with Crippen molar-refractivity contribution < 1.29 is 10.2 Å². The van der Waals surface area contributed by atoms with E-state index in [0.717, 1.165) is 30.9 Å². The summed E-state index contributed by atoms with van der Waals surface area (Å²) >= 11 is 0. The molecule has 5 nitrogen and oxygen atoms in total. The molecule has 0 radical (unpaired) electrons. The van der Waals surface area contributed by atoms with Crippen LogP contribution >= 0.6 is 0 Å².